The highest BCUT2D eigenvalue weighted by atomic mass is 35.5. The molecule has 1 atom stereocenters. The Labute approximate surface area is 241 Å². The van der Waals surface area contributed by atoms with Gasteiger partial charge >= 0.3 is 5.91 Å². The SMILES string of the molecule is Cc1nc2ccccn2c1/C(O)=C1\C(=O)C(=O)N(c2nnc(SCc3ccccc3Cl)s2)C1c1ccc(O)cc1. The predicted octanol–water partition coefficient (Wildman–Crippen LogP) is 5.77. The smallest absolute Gasteiger partial charge is 0.301 e. The van der Waals surface area contributed by atoms with Crippen molar-refractivity contribution < 1.29 is 19.8 Å². The number of amides is 1. The molecule has 1 aliphatic rings. The summed E-state index contributed by atoms with van der Waals surface area (Å²) in [6.45, 7) is 1.72. The van der Waals surface area contributed by atoms with Crippen LogP contribution in [0.5, 0.6) is 5.75 Å². The summed E-state index contributed by atoms with van der Waals surface area (Å²) in [6.07, 6.45) is 1.73. The van der Waals surface area contributed by atoms with Crippen LogP contribution >= 0.6 is 34.7 Å². The van der Waals surface area contributed by atoms with Crippen LogP contribution in [-0.2, 0) is 15.3 Å². The van der Waals surface area contributed by atoms with Crippen LogP contribution in [0.4, 0.5) is 5.13 Å². The number of rotatable bonds is 6. The lowest BCUT2D eigenvalue weighted by Crippen LogP contribution is -2.29. The molecule has 1 unspecified atom stereocenters. The van der Waals surface area contributed by atoms with Gasteiger partial charge in [0.1, 0.15) is 17.1 Å². The molecular weight excluding hydrogens is 570 g/mol. The van der Waals surface area contributed by atoms with Gasteiger partial charge in [-0.25, -0.2) is 4.98 Å². The number of imidazole rings is 1. The number of thioether (sulfide) groups is 1. The number of carbonyl (C=O) groups is 2. The summed E-state index contributed by atoms with van der Waals surface area (Å²) in [5, 5.41) is 30.8. The van der Waals surface area contributed by atoms with Gasteiger partial charge in [-0.05, 0) is 48.4 Å². The number of anilines is 1. The van der Waals surface area contributed by atoms with Crippen molar-refractivity contribution in [2.45, 2.75) is 23.1 Å². The fourth-order valence-electron chi connectivity index (χ4n) is 4.64. The third-order valence-electron chi connectivity index (χ3n) is 6.49. The van der Waals surface area contributed by atoms with Crippen LogP contribution in [0.3, 0.4) is 0 Å². The minimum absolute atomic E-state index is 0.0208. The van der Waals surface area contributed by atoms with Gasteiger partial charge in [-0.1, -0.05) is 71.1 Å². The van der Waals surface area contributed by atoms with E-state index in [1.165, 1.54) is 28.8 Å². The van der Waals surface area contributed by atoms with Crippen molar-refractivity contribution in [1.29, 1.82) is 0 Å². The maximum absolute atomic E-state index is 13.5. The summed E-state index contributed by atoms with van der Waals surface area (Å²) in [7, 11) is 0. The Morgan fingerprint density at radius 1 is 1.05 bits per heavy atom. The number of aliphatic hydroxyl groups is 1. The first-order valence-electron chi connectivity index (χ1n) is 12.1. The van der Waals surface area contributed by atoms with E-state index >= 15 is 0 Å². The minimum atomic E-state index is -1.01. The summed E-state index contributed by atoms with van der Waals surface area (Å²) in [6, 6.07) is 18.0. The number of ketones is 1. The Morgan fingerprint density at radius 3 is 2.58 bits per heavy atom. The van der Waals surface area contributed by atoms with E-state index in [-0.39, 0.29) is 22.2 Å². The van der Waals surface area contributed by atoms with Crippen molar-refractivity contribution >= 4 is 62.9 Å². The van der Waals surface area contributed by atoms with Crippen molar-refractivity contribution in [2.24, 2.45) is 0 Å². The fraction of sp³-hybridized carbons (Fsp3) is 0.107. The number of aromatic nitrogens is 4. The maximum Gasteiger partial charge on any atom is 0.301 e. The van der Waals surface area contributed by atoms with Crippen LogP contribution in [0.25, 0.3) is 11.4 Å². The number of nitrogens with zero attached hydrogens (tertiary/aromatic N) is 5. The Kier molecular flexibility index (Phi) is 6.78. The molecule has 40 heavy (non-hydrogen) atoms. The molecule has 200 valence electrons. The molecule has 1 saturated heterocycles. The molecule has 5 aromatic rings. The largest absolute Gasteiger partial charge is 0.508 e. The molecule has 2 N–H and O–H groups in total. The maximum atomic E-state index is 13.5. The molecule has 9 nitrogen and oxygen atoms in total. The van der Waals surface area contributed by atoms with E-state index in [4.69, 9.17) is 11.6 Å². The normalized spacial score (nSPS) is 16.8. The lowest BCUT2D eigenvalue weighted by molar-refractivity contribution is -0.132. The topological polar surface area (TPSA) is 121 Å². The van der Waals surface area contributed by atoms with E-state index in [0.717, 1.165) is 16.9 Å². The molecule has 6 rings (SSSR count). The lowest BCUT2D eigenvalue weighted by Gasteiger charge is -2.22. The molecule has 12 heteroatoms. The van der Waals surface area contributed by atoms with E-state index in [9.17, 15) is 19.8 Å². The van der Waals surface area contributed by atoms with Gasteiger partial charge in [0, 0.05) is 17.0 Å². The van der Waals surface area contributed by atoms with Crippen LogP contribution in [0.2, 0.25) is 5.02 Å². The van der Waals surface area contributed by atoms with E-state index in [1.54, 1.807) is 41.8 Å². The summed E-state index contributed by atoms with van der Waals surface area (Å²) in [5.74, 6) is -1.49. The van der Waals surface area contributed by atoms with E-state index in [0.29, 0.717) is 37.7 Å². The number of carbonyl (C=O) groups excluding carboxylic acids is 2. The number of aliphatic hydroxyl groups excluding tert-OH is 1. The molecule has 1 amide bonds. The fourth-order valence-corrected chi connectivity index (χ4v) is 6.79. The number of benzene rings is 2. The number of aryl methyl sites for hydroxylation is 1. The van der Waals surface area contributed by atoms with Gasteiger partial charge < -0.3 is 10.2 Å². The molecular formula is C28H20ClN5O4S2. The highest BCUT2D eigenvalue weighted by Crippen LogP contribution is 2.44. The average Bonchev–Trinajstić information content (AvgIpc) is 3.62. The Bertz CT molecular complexity index is 1820. The molecule has 1 fully saturated rings. The number of phenolic OH excluding ortho intramolecular Hbond substituents is 1. The zero-order valence-electron chi connectivity index (χ0n) is 20.9. The second kappa shape index (κ2) is 10.4. The number of hydrogen-bond acceptors (Lipinski definition) is 9. The number of hydrogen-bond donors (Lipinski definition) is 2. The monoisotopic (exact) mass is 589 g/mol. The van der Waals surface area contributed by atoms with Crippen molar-refractivity contribution in [3.8, 4) is 5.75 Å². The molecule has 2 aromatic carbocycles. The zero-order valence-corrected chi connectivity index (χ0v) is 23.2. The van der Waals surface area contributed by atoms with E-state index in [2.05, 4.69) is 15.2 Å². The Morgan fingerprint density at radius 2 is 1.80 bits per heavy atom. The first kappa shape index (κ1) is 26.1. The third-order valence-corrected chi connectivity index (χ3v) is 8.97. The Balaban J connectivity index is 1.44. The van der Waals surface area contributed by atoms with E-state index in [1.807, 2.05) is 30.3 Å². The second-order valence-corrected chi connectivity index (χ2v) is 11.6. The summed E-state index contributed by atoms with van der Waals surface area (Å²) >= 11 is 8.85. The van der Waals surface area contributed by atoms with Gasteiger partial charge in [-0.2, -0.15) is 0 Å². The van der Waals surface area contributed by atoms with Gasteiger partial charge in [0.2, 0.25) is 5.13 Å². The van der Waals surface area contributed by atoms with Gasteiger partial charge in [0.05, 0.1) is 17.3 Å². The van der Waals surface area contributed by atoms with Gasteiger partial charge in [0.15, 0.2) is 10.1 Å². The Hall–Kier alpha value is -4.19. The molecule has 1 aliphatic heterocycles. The number of fused-ring (bicyclic) bond motifs is 1. The van der Waals surface area contributed by atoms with Crippen molar-refractivity contribution in [3.05, 3.63) is 106 Å². The molecule has 0 aliphatic carbocycles. The predicted molar refractivity (Wildman–Crippen MR) is 154 cm³/mol. The quantitative estimate of drug-likeness (QED) is 0.0841. The summed E-state index contributed by atoms with van der Waals surface area (Å²) < 4.78 is 2.25. The second-order valence-electron chi connectivity index (χ2n) is 8.97. The summed E-state index contributed by atoms with van der Waals surface area (Å²) in [4.78, 5) is 32.8. The third kappa shape index (κ3) is 4.51. The molecule has 3 aromatic heterocycles. The minimum Gasteiger partial charge on any atom is -0.508 e. The van der Waals surface area contributed by atoms with Crippen molar-refractivity contribution in [2.75, 3.05) is 4.90 Å². The van der Waals surface area contributed by atoms with Crippen LogP contribution in [0.1, 0.15) is 28.6 Å². The van der Waals surface area contributed by atoms with Gasteiger partial charge in [-0.15, -0.1) is 10.2 Å². The zero-order chi connectivity index (χ0) is 28.0. The van der Waals surface area contributed by atoms with E-state index < -0.39 is 17.7 Å². The summed E-state index contributed by atoms with van der Waals surface area (Å²) in [5.41, 5.74) is 2.72. The highest BCUT2D eigenvalue weighted by molar-refractivity contribution is 8.00. The van der Waals surface area contributed by atoms with Crippen LogP contribution in [-0.4, -0.2) is 41.5 Å². The van der Waals surface area contributed by atoms with Crippen LogP contribution in [0.15, 0.2) is 82.8 Å². The van der Waals surface area contributed by atoms with Gasteiger partial charge in [-0.3, -0.25) is 18.9 Å². The molecule has 0 saturated carbocycles. The van der Waals surface area contributed by atoms with Crippen LogP contribution in [0, 0.1) is 6.92 Å². The van der Waals surface area contributed by atoms with Gasteiger partial charge in [0.25, 0.3) is 5.78 Å². The van der Waals surface area contributed by atoms with Crippen molar-refractivity contribution in [1.82, 2.24) is 19.6 Å². The van der Waals surface area contributed by atoms with Crippen LogP contribution < -0.4 is 4.90 Å². The molecule has 0 bridgehead atoms. The first-order chi connectivity index (χ1) is 19.3. The molecule has 0 radical (unpaired) electrons. The average molecular weight is 590 g/mol. The van der Waals surface area contributed by atoms with Crippen molar-refractivity contribution in [3.63, 3.8) is 0 Å². The standard InChI is InChI=1S/C28H20ClN5O4S2/c1-15-22(33-13-5-4-8-20(33)30-15)24(36)21-23(16-9-11-18(35)12-10-16)34(26(38)25(21)37)27-31-32-28(40-27)39-14-17-6-2-3-7-19(17)29/h2-13,23,35-36H,14H2,1H3/b24-21+. The highest BCUT2D eigenvalue weighted by Gasteiger charge is 2.48. The number of phenols is 1. The lowest BCUT2D eigenvalue weighted by atomic mass is 9.96. The number of halogens is 1. The number of aromatic hydroxyl groups is 1. The number of pyridine rings is 1. The first-order valence-corrected chi connectivity index (χ1v) is 14.2. The molecule has 4 heterocycles. The number of Topliss-reactive ketones (excluding diaryl/α,β-unsaturated/α-hetero) is 1. The molecule has 0 spiro atoms.